The summed E-state index contributed by atoms with van der Waals surface area (Å²) in [6.45, 7) is 1.46. The molecule has 108 valence electrons. The Bertz CT molecular complexity index is 681. The first kappa shape index (κ1) is 14.5. The summed E-state index contributed by atoms with van der Waals surface area (Å²) in [4.78, 5) is 26.3. The van der Waals surface area contributed by atoms with Crippen LogP contribution in [0.25, 0.3) is 0 Å². The Balaban J connectivity index is 2.26. The lowest BCUT2D eigenvalue weighted by molar-refractivity contribution is 0.0996. The van der Waals surface area contributed by atoms with Crippen LogP contribution in [0.4, 0.5) is 0 Å². The summed E-state index contributed by atoms with van der Waals surface area (Å²) in [5, 5.41) is 0. The molecule has 0 saturated carbocycles. The maximum atomic E-state index is 11.2. The number of rotatable bonds is 5. The Morgan fingerprint density at radius 2 is 1.81 bits per heavy atom. The van der Waals surface area contributed by atoms with Gasteiger partial charge in [-0.05, 0) is 31.2 Å². The molecule has 0 radical (unpaired) electrons. The predicted octanol–water partition coefficient (Wildman–Crippen LogP) is 2.18. The largest absolute Gasteiger partial charge is 0.493 e. The zero-order chi connectivity index (χ0) is 15.4. The Morgan fingerprint density at radius 3 is 2.33 bits per heavy atom. The number of carbonyl (C=O) groups excluding carboxylic acids is 2. The monoisotopic (exact) mass is 286 g/mol. The molecule has 0 atom stereocenters. The summed E-state index contributed by atoms with van der Waals surface area (Å²) >= 11 is 0. The highest BCUT2D eigenvalue weighted by Gasteiger charge is 2.10. The van der Waals surface area contributed by atoms with Crippen molar-refractivity contribution in [2.24, 2.45) is 5.73 Å². The predicted molar refractivity (Wildman–Crippen MR) is 75.8 cm³/mol. The average molecular weight is 286 g/mol. The normalized spacial score (nSPS) is 10.0. The third-order valence-corrected chi connectivity index (χ3v) is 2.81. The summed E-state index contributed by atoms with van der Waals surface area (Å²) in [6, 6.07) is 7.79. The lowest BCUT2D eigenvalue weighted by atomic mass is 10.2. The van der Waals surface area contributed by atoms with Gasteiger partial charge in [-0.2, -0.15) is 0 Å². The molecule has 1 aromatic heterocycles. The van der Waals surface area contributed by atoms with Gasteiger partial charge < -0.3 is 15.2 Å². The third kappa shape index (κ3) is 3.36. The van der Waals surface area contributed by atoms with E-state index in [0.717, 1.165) is 0 Å². The van der Waals surface area contributed by atoms with E-state index in [-0.39, 0.29) is 5.78 Å². The van der Waals surface area contributed by atoms with E-state index in [0.29, 0.717) is 28.5 Å². The molecule has 1 heterocycles. The van der Waals surface area contributed by atoms with E-state index in [1.54, 1.807) is 18.2 Å². The summed E-state index contributed by atoms with van der Waals surface area (Å²) in [7, 11) is 1.46. The van der Waals surface area contributed by atoms with Crippen molar-refractivity contribution in [3.63, 3.8) is 0 Å². The summed E-state index contributed by atoms with van der Waals surface area (Å²) in [5.74, 6) is 0.445. The van der Waals surface area contributed by atoms with Crippen LogP contribution >= 0.6 is 0 Å². The molecule has 0 fully saturated rings. The van der Waals surface area contributed by atoms with Crippen LogP contribution in [-0.2, 0) is 0 Å². The van der Waals surface area contributed by atoms with Gasteiger partial charge in [-0.15, -0.1) is 0 Å². The van der Waals surface area contributed by atoms with Crippen molar-refractivity contribution in [3.05, 3.63) is 47.7 Å². The average Bonchev–Trinajstić information content (AvgIpc) is 2.48. The van der Waals surface area contributed by atoms with Crippen LogP contribution in [0.5, 0.6) is 17.4 Å². The van der Waals surface area contributed by atoms with Gasteiger partial charge in [-0.1, -0.05) is 0 Å². The van der Waals surface area contributed by atoms with Gasteiger partial charge in [0.15, 0.2) is 17.3 Å². The van der Waals surface area contributed by atoms with Crippen LogP contribution in [0.2, 0.25) is 0 Å². The van der Waals surface area contributed by atoms with E-state index in [2.05, 4.69) is 4.98 Å². The SMILES string of the molecule is COc1cc(C(N)=O)ccc1Oc1ccc(C(C)=O)cn1. The van der Waals surface area contributed by atoms with Crippen LogP contribution in [0.3, 0.4) is 0 Å². The van der Waals surface area contributed by atoms with E-state index in [4.69, 9.17) is 15.2 Å². The number of nitrogens with zero attached hydrogens (tertiary/aromatic N) is 1. The molecule has 1 amide bonds. The van der Waals surface area contributed by atoms with E-state index in [1.807, 2.05) is 0 Å². The third-order valence-electron chi connectivity index (χ3n) is 2.81. The fourth-order valence-electron chi connectivity index (χ4n) is 1.67. The van der Waals surface area contributed by atoms with E-state index >= 15 is 0 Å². The Kier molecular flexibility index (Phi) is 4.18. The van der Waals surface area contributed by atoms with Crippen LogP contribution in [0.1, 0.15) is 27.6 Å². The number of hydrogen-bond donors (Lipinski definition) is 1. The lowest BCUT2D eigenvalue weighted by Gasteiger charge is -2.10. The van der Waals surface area contributed by atoms with Gasteiger partial charge in [0.05, 0.1) is 7.11 Å². The highest BCUT2D eigenvalue weighted by Crippen LogP contribution is 2.31. The minimum absolute atomic E-state index is 0.0718. The topological polar surface area (TPSA) is 91.5 Å². The molecule has 0 aliphatic rings. The number of carbonyl (C=O) groups is 2. The maximum Gasteiger partial charge on any atom is 0.248 e. The summed E-state index contributed by atoms with van der Waals surface area (Å²) in [5.41, 5.74) is 6.02. The molecular formula is C15H14N2O4. The van der Waals surface area contributed by atoms with Gasteiger partial charge in [-0.3, -0.25) is 9.59 Å². The number of Topliss-reactive ketones (excluding diaryl/α,β-unsaturated/α-hetero) is 1. The number of pyridine rings is 1. The molecule has 0 unspecified atom stereocenters. The second kappa shape index (κ2) is 6.04. The van der Waals surface area contributed by atoms with Crippen molar-refractivity contribution < 1.29 is 19.1 Å². The van der Waals surface area contributed by atoms with Gasteiger partial charge in [-0.25, -0.2) is 4.98 Å². The van der Waals surface area contributed by atoms with Crippen molar-refractivity contribution in [2.75, 3.05) is 7.11 Å². The molecule has 2 rings (SSSR count). The van der Waals surface area contributed by atoms with Crippen molar-refractivity contribution in [3.8, 4) is 17.4 Å². The number of aromatic nitrogens is 1. The summed E-state index contributed by atoms with van der Waals surface area (Å²) in [6.07, 6.45) is 1.43. The van der Waals surface area contributed by atoms with Gasteiger partial charge in [0.2, 0.25) is 11.8 Å². The molecule has 2 aromatic rings. The molecule has 0 aliphatic heterocycles. The highest BCUT2D eigenvalue weighted by molar-refractivity contribution is 5.94. The van der Waals surface area contributed by atoms with Crippen LogP contribution < -0.4 is 15.2 Å². The molecule has 21 heavy (non-hydrogen) atoms. The fourth-order valence-corrected chi connectivity index (χ4v) is 1.67. The van der Waals surface area contributed by atoms with Crippen molar-refractivity contribution in [1.29, 1.82) is 0 Å². The minimum Gasteiger partial charge on any atom is -0.493 e. The maximum absolute atomic E-state index is 11.2. The zero-order valence-corrected chi connectivity index (χ0v) is 11.6. The number of nitrogens with two attached hydrogens (primary N) is 1. The van der Waals surface area contributed by atoms with Gasteiger partial charge in [0.25, 0.3) is 0 Å². The Labute approximate surface area is 121 Å². The first-order valence-corrected chi connectivity index (χ1v) is 6.14. The zero-order valence-electron chi connectivity index (χ0n) is 11.6. The molecular weight excluding hydrogens is 272 g/mol. The van der Waals surface area contributed by atoms with Crippen molar-refractivity contribution in [2.45, 2.75) is 6.92 Å². The quantitative estimate of drug-likeness (QED) is 0.850. The van der Waals surface area contributed by atoms with E-state index in [1.165, 1.54) is 32.4 Å². The number of methoxy groups -OCH3 is 1. The van der Waals surface area contributed by atoms with Crippen LogP contribution in [0.15, 0.2) is 36.5 Å². The van der Waals surface area contributed by atoms with Crippen molar-refractivity contribution in [1.82, 2.24) is 4.98 Å². The number of hydrogen-bond acceptors (Lipinski definition) is 5. The molecule has 0 spiro atoms. The van der Waals surface area contributed by atoms with Gasteiger partial charge in [0.1, 0.15) is 0 Å². The second-order valence-electron chi connectivity index (χ2n) is 4.27. The molecule has 0 aliphatic carbocycles. The molecule has 6 heteroatoms. The van der Waals surface area contributed by atoms with E-state index < -0.39 is 5.91 Å². The Morgan fingerprint density at radius 1 is 1.10 bits per heavy atom. The molecule has 6 nitrogen and oxygen atoms in total. The van der Waals surface area contributed by atoms with E-state index in [9.17, 15) is 9.59 Å². The fraction of sp³-hybridized carbons (Fsp3) is 0.133. The van der Waals surface area contributed by atoms with Crippen molar-refractivity contribution >= 4 is 11.7 Å². The first-order valence-electron chi connectivity index (χ1n) is 6.14. The number of benzene rings is 1. The number of ketones is 1. The van der Waals surface area contributed by atoms with Crippen LogP contribution in [-0.4, -0.2) is 23.8 Å². The number of amides is 1. The number of ether oxygens (including phenoxy) is 2. The molecule has 0 bridgehead atoms. The van der Waals surface area contributed by atoms with Gasteiger partial charge >= 0.3 is 0 Å². The molecule has 2 N–H and O–H groups in total. The second-order valence-corrected chi connectivity index (χ2v) is 4.27. The first-order chi connectivity index (χ1) is 10.0. The minimum atomic E-state index is -0.552. The molecule has 0 saturated heterocycles. The summed E-state index contributed by atoms with van der Waals surface area (Å²) < 4.78 is 10.7. The lowest BCUT2D eigenvalue weighted by Crippen LogP contribution is -2.10. The van der Waals surface area contributed by atoms with Gasteiger partial charge in [0, 0.05) is 23.4 Å². The Hall–Kier alpha value is -2.89. The van der Waals surface area contributed by atoms with Crippen LogP contribution in [0, 0.1) is 0 Å². The standard InChI is InChI=1S/C15H14N2O4/c1-9(18)11-4-6-14(17-8-11)21-12-5-3-10(15(16)19)7-13(12)20-2/h3-8H,1-2H3,(H2,16,19). The smallest absolute Gasteiger partial charge is 0.248 e. The number of primary amides is 1. The molecule has 1 aromatic carbocycles. The highest BCUT2D eigenvalue weighted by atomic mass is 16.5.